The topological polar surface area (TPSA) is 131 Å². The van der Waals surface area contributed by atoms with E-state index in [-0.39, 0.29) is 65.1 Å². The maximum absolute atomic E-state index is 13.9. The normalized spacial score (nSPS) is 28.4. The Morgan fingerprint density at radius 1 is 1.17 bits per heavy atom. The van der Waals surface area contributed by atoms with Crippen LogP contribution in [0.3, 0.4) is 0 Å². The molecule has 3 N–H and O–H groups in total. The maximum atomic E-state index is 13.9. The fourth-order valence-electron chi connectivity index (χ4n) is 5.88. The maximum Gasteiger partial charge on any atom is 0.246 e. The smallest absolute Gasteiger partial charge is 0.246 e. The summed E-state index contributed by atoms with van der Waals surface area (Å²) in [7, 11) is 0. The third kappa shape index (κ3) is 5.84. The Kier molecular flexibility index (Phi) is 7.51. The molecule has 1 saturated carbocycles. The van der Waals surface area contributed by atoms with E-state index in [9.17, 15) is 24.4 Å². The Morgan fingerprint density at radius 2 is 1.81 bits per heavy atom. The van der Waals surface area contributed by atoms with Crippen molar-refractivity contribution in [1.29, 1.82) is 5.26 Å². The molecule has 3 fully saturated rings. The number of hydrogen-bond acceptors (Lipinski definition) is 5. The summed E-state index contributed by atoms with van der Waals surface area (Å²) in [4.78, 5) is 53.8. The first kappa shape index (κ1) is 27.9. The SMILES string of the molecule is CC(C)(C)CC(=O)NC(C(=O)N1C[C@H]2[C@@H]([C@H]1C(=O)N[C@H](C#N)CC1CCNC1=O)C2(C)C)C(C)(C)C. The molecule has 3 aliphatic rings. The first-order valence-electron chi connectivity index (χ1n) is 13.0. The van der Waals surface area contributed by atoms with E-state index >= 15 is 0 Å². The summed E-state index contributed by atoms with van der Waals surface area (Å²) in [5.41, 5.74) is -0.863. The first-order valence-corrected chi connectivity index (χ1v) is 13.0. The molecule has 0 bridgehead atoms. The van der Waals surface area contributed by atoms with Gasteiger partial charge in [-0.15, -0.1) is 0 Å². The monoisotopic (exact) mass is 501 g/mol. The van der Waals surface area contributed by atoms with E-state index in [0.29, 0.717) is 19.5 Å². The van der Waals surface area contributed by atoms with Crippen LogP contribution in [0.2, 0.25) is 0 Å². The highest BCUT2D eigenvalue weighted by Gasteiger charge is 2.69. The van der Waals surface area contributed by atoms with E-state index in [1.54, 1.807) is 4.90 Å². The highest BCUT2D eigenvalue weighted by molar-refractivity contribution is 5.94. The van der Waals surface area contributed by atoms with Crippen molar-refractivity contribution in [1.82, 2.24) is 20.9 Å². The van der Waals surface area contributed by atoms with Crippen LogP contribution in [0.15, 0.2) is 0 Å². The predicted octanol–water partition coefficient (Wildman–Crippen LogP) is 1.97. The predicted molar refractivity (Wildman–Crippen MR) is 135 cm³/mol. The van der Waals surface area contributed by atoms with E-state index in [2.05, 4.69) is 35.9 Å². The van der Waals surface area contributed by atoms with Crippen molar-refractivity contribution in [3.8, 4) is 6.07 Å². The van der Waals surface area contributed by atoms with Crippen LogP contribution in [0, 0.1) is 45.3 Å². The second kappa shape index (κ2) is 9.68. The number of likely N-dealkylation sites (tertiary alicyclic amines) is 1. The van der Waals surface area contributed by atoms with Crippen LogP contribution in [0.25, 0.3) is 0 Å². The molecule has 1 aliphatic carbocycles. The van der Waals surface area contributed by atoms with Crippen LogP contribution in [0.4, 0.5) is 0 Å². The van der Waals surface area contributed by atoms with Crippen molar-refractivity contribution in [2.75, 3.05) is 13.1 Å². The van der Waals surface area contributed by atoms with Gasteiger partial charge in [-0.1, -0.05) is 55.4 Å². The second-order valence-corrected chi connectivity index (χ2v) is 13.7. The molecular formula is C27H43N5O4. The first-order chi connectivity index (χ1) is 16.5. The number of nitrogens with one attached hydrogen (secondary N) is 3. The molecule has 3 rings (SSSR count). The minimum Gasteiger partial charge on any atom is -0.356 e. The molecule has 0 aromatic heterocycles. The third-order valence-electron chi connectivity index (χ3n) is 8.02. The number of amides is 4. The molecule has 0 radical (unpaired) electrons. The van der Waals surface area contributed by atoms with Gasteiger partial charge in [0.15, 0.2) is 0 Å². The molecule has 2 saturated heterocycles. The van der Waals surface area contributed by atoms with Gasteiger partial charge in [-0.3, -0.25) is 19.2 Å². The van der Waals surface area contributed by atoms with E-state index in [4.69, 9.17) is 0 Å². The molecule has 4 amide bonds. The number of hydrogen-bond donors (Lipinski definition) is 3. The Hall–Kier alpha value is -2.63. The van der Waals surface area contributed by atoms with E-state index < -0.39 is 23.5 Å². The van der Waals surface area contributed by atoms with Gasteiger partial charge in [0, 0.05) is 25.4 Å². The minimum absolute atomic E-state index is 0.0125. The van der Waals surface area contributed by atoms with E-state index in [1.165, 1.54) is 0 Å². The van der Waals surface area contributed by atoms with Crippen LogP contribution in [-0.4, -0.2) is 59.7 Å². The number of piperidine rings is 1. The average Bonchev–Trinajstić information content (AvgIpc) is 3.08. The van der Waals surface area contributed by atoms with Gasteiger partial charge in [-0.05, 0) is 40.9 Å². The third-order valence-corrected chi connectivity index (χ3v) is 8.02. The van der Waals surface area contributed by atoms with E-state index in [0.717, 1.165) is 0 Å². The van der Waals surface area contributed by atoms with Crippen molar-refractivity contribution < 1.29 is 19.2 Å². The largest absolute Gasteiger partial charge is 0.356 e. The van der Waals surface area contributed by atoms with Gasteiger partial charge in [-0.2, -0.15) is 5.26 Å². The van der Waals surface area contributed by atoms with Crippen molar-refractivity contribution >= 4 is 23.6 Å². The molecule has 0 spiro atoms. The summed E-state index contributed by atoms with van der Waals surface area (Å²) in [6.07, 6.45) is 1.17. The van der Waals surface area contributed by atoms with Gasteiger partial charge in [-0.25, -0.2) is 0 Å². The lowest BCUT2D eigenvalue weighted by Gasteiger charge is -2.38. The quantitative estimate of drug-likeness (QED) is 0.491. The van der Waals surface area contributed by atoms with Crippen molar-refractivity contribution in [2.45, 2.75) is 92.8 Å². The molecule has 200 valence electrons. The lowest BCUT2D eigenvalue weighted by molar-refractivity contribution is -0.146. The molecular weight excluding hydrogens is 458 g/mol. The lowest BCUT2D eigenvalue weighted by atomic mass is 9.84. The standard InChI is InChI=1S/C27H43N5O4/c1-25(2,3)12-18(33)31-21(26(4,5)6)24(36)32-14-17-19(27(17,7)8)20(32)23(35)30-16(13-28)11-15-9-10-29-22(15)34/h15-17,19-21H,9-12,14H2,1-8H3,(H,29,34)(H,30,35)(H,31,33)/t15?,16-,17-,19-,20-,21?/m0/s1. The summed E-state index contributed by atoms with van der Waals surface area (Å²) >= 11 is 0. The summed E-state index contributed by atoms with van der Waals surface area (Å²) in [5, 5.41) is 18.2. The summed E-state index contributed by atoms with van der Waals surface area (Å²) < 4.78 is 0. The minimum atomic E-state index is -0.811. The van der Waals surface area contributed by atoms with Crippen LogP contribution < -0.4 is 16.0 Å². The van der Waals surface area contributed by atoms with Crippen molar-refractivity contribution in [3.05, 3.63) is 0 Å². The molecule has 6 atom stereocenters. The summed E-state index contributed by atoms with van der Waals surface area (Å²) in [6.45, 7) is 16.8. The van der Waals surface area contributed by atoms with Crippen LogP contribution in [0.1, 0.15) is 74.7 Å². The lowest BCUT2D eigenvalue weighted by Crippen LogP contribution is -2.60. The van der Waals surface area contributed by atoms with Crippen LogP contribution in [-0.2, 0) is 19.2 Å². The van der Waals surface area contributed by atoms with Crippen molar-refractivity contribution in [2.24, 2.45) is 34.0 Å². The zero-order valence-corrected chi connectivity index (χ0v) is 23.0. The molecule has 2 unspecified atom stereocenters. The van der Waals surface area contributed by atoms with Gasteiger partial charge in [0.05, 0.1) is 6.07 Å². The number of fused-ring (bicyclic) bond motifs is 1. The number of nitrogens with zero attached hydrogens (tertiary/aromatic N) is 2. The average molecular weight is 502 g/mol. The fourth-order valence-corrected chi connectivity index (χ4v) is 5.88. The van der Waals surface area contributed by atoms with Crippen LogP contribution >= 0.6 is 0 Å². The summed E-state index contributed by atoms with van der Waals surface area (Å²) in [5.74, 6) is -1.04. The highest BCUT2D eigenvalue weighted by atomic mass is 16.2. The number of rotatable bonds is 7. The van der Waals surface area contributed by atoms with Crippen LogP contribution in [0.5, 0.6) is 0 Å². The second-order valence-electron chi connectivity index (χ2n) is 13.7. The zero-order valence-electron chi connectivity index (χ0n) is 23.0. The number of nitriles is 1. The summed E-state index contributed by atoms with van der Waals surface area (Å²) in [6, 6.07) is -0.185. The number of carbonyl (C=O) groups is 4. The van der Waals surface area contributed by atoms with Gasteiger partial charge in [0.2, 0.25) is 23.6 Å². The fraction of sp³-hybridized carbons (Fsp3) is 0.815. The Bertz CT molecular complexity index is 955. The van der Waals surface area contributed by atoms with Crippen molar-refractivity contribution in [3.63, 3.8) is 0 Å². The Morgan fingerprint density at radius 3 is 2.31 bits per heavy atom. The van der Waals surface area contributed by atoms with Gasteiger partial charge >= 0.3 is 0 Å². The molecule has 2 heterocycles. The molecule has 9 heteroatoms. The van der Waals surface area contributed by atoms with Gasteiger partial charge < -0.3 is 20.9 Å². The Balaban J connectivity index is 1.79. The zero-order chi connectivity index (χ0) is 27.2. The van der Waals surface area contributed by atoms with E-state index in [1.807, 2.05) is 41.5 Å². The Labute approximate surface area is 215 Å². The molecule has 2 aliphatic heterocycles. The highest BCUT2D eigenvalue weighted by Crippen LogP contribution is 2.65. The molecule has 0 aromatic rings. The molecule has 0 aromatic carbocycles. The van der Waals surface area contributed by atoms with Gasteiger partial charge in [0.25, 0.3) is 0 Å². The number of carbonyl (C=O) groups excluding carboxylic acids is 4. The molecule has 9 nitrogen and oxygen atoms in total. The van der Waals surface area contributed by atoms with Gasteiger partial charge in [0.1, 0.15) is 18.1 Å². The molecule has 36 heavy (non-hydrogen) atoms.